The van der Waals surface area contributed by atoms with E-state index in [1.54, 1.807) is 4.90 Å². The topological polar surface area (TPSA) is 64.8 Å². The van der Waals surface area contributed by atoms with Crippen LogP contribution in [0.2, 0.25) is 0 Å². The standard InChI is InChI=1S/C16H26N2O3/c1-5-6-11(7-8-17)14-13-9-12(20-14)10-18(13)15(19)21-16(2,3)4/h6-8,12-14H,5,9-10,17H2,1-4H3/b8-7-,11-6+. The number of ether oxygens (including phenoxy) is 2. The van der Waals surface area contributed by atoms with Crippen molar-refractivity contribution < 1.29 is 14.3 Å². The Morgan fingerprint density at radius 2 is 2.19 bits per heavy atom. The minimum atomic E-state index is -0.478. The van der Waals surface area contributed by atoms with E-state index in [1.165, 1.54) is 6.20 Å². The molecule has 2 aliphatic rings. The van der Waals surface area contributed by atoms with Gasteiger partial charge in [-0.2, -0.15) is 0 Å². The number of carbonyl (C=O) groups is 1. The molecule has 3 atom stereocenters. The van der Waals surface area contributed by atoms with Crippen LogP contribution in [0.1, 0.15) is 40.5 Å². The van der Waals surface area contributed by atoms with Crippen molar-refractivity contribution in [2.24, 2.45) is 5.73 Å². The first-order chi connectivity index (χ1) is 9.85. The molecule has 2 saturated heterocycles. The van der Waals surface area contributed by atoms with E-state index in [1.807, 2.05) is 26.8 Å². The molecule has 2 rings (SSSR count). The minimum absolute atomic E-state index is 0.0406. The Bertz CT molecular complexity index is 451. The molecule has 2 heterocycles. The molecule has 0 spiro atoms. The van der Waals surface area contributed by atoms with E-state index in [9.17, 15) is 4.79 Å². The van der Waals surface area contributed by atoms with Crippen molar-refractivity contribution in [2.75, 3.05) is 6.54 Å². The Balaban J connectivity index is 2.12. The molecule has 2 bridgehead atoms. The maximum Gasteiger partial charge on any atom is 0.410 e. The van der Waals surface area contributed by atoms with Crippen LogP contribution in [0.4, 0.5) is 4.79 Å². The zero-order valence-corrected chi connectivity index (χ0v) is 13.3. The number of likely N-dealkylation sites (tertiary alicyclic amines) is 1. The molecule has 0 aliphatic carbocycles. The number of morpholine rings is 1. The summed E-state index contributed by atoms with van der Waals surface area (Å²) >= 11 is 0. The van der Waals surface area contributed by atoms with Crippen molar-refractivity contribution >= 4 is 6.09 Å². The number of fused-ring (bicyclic) bond motifs is 2. The highest BCUT2D eigenvalue weighted by Crippen LogP contribution is 2.37. The second-order valence-electron chi connectivity index (χ2n) is 6.59. The number of rotatable bonds is 3. The molecule has 2 N–H and O–H groups in total. The number of nitrogens with zero attached hydrogens (tertiary/aromatic N) is 1. The first kappa shape index (κ1) is 15.9. The highest BCUT2D eigenvalue weighted by Gasteiger charge is 2.49. The van der Waals surface area contributed by atoms with Gasteiger partial charge in [-0.25, -0.2) is 4.79 Å². The molecule has 5 heteroatoms. The van der Waals surface area contributed by atoms with Gasteiger partial charge in [0.2, 0.25) is 0 Å². The summed E-state index contributed by atoms with van der Waals surface area (Å²) < 4.78 is 11.5. The van der Waals surface area contributed by atoms with Crippen LogP contribution < -0.4 is 5.73 Å². The second-order valence-corrected chi connectivity index (χ2v) is 6.59. The highest BCUT2D eigenvalue weighted by molar-refractivity contribution is 5.69. The number of nitrogens with two attached hydrogens (primary N) is 1. The molecule has 0 aromatic rings. The fourth-order valence-corrected chi connectivity index (χ4v) is 2.97. The lowest BCUT2D eigenvalue weighted by atomic mass is 10.0. The van der Waals surface area contributed by atoms with E-state index < -0.39 is 5.60 Å². The summed E-state index contributed by atoms with van der Waals surface area (Å²) in [6.45, 7) is 8.33. The zero-order chi connectivity index (χ0) is 15.6. The Hall–Kier alpha value is -1.49. The lowest BCUT2D eigenvalue weighted by molar-refractivity contribution is -0.0319. The van der Waals surface area contributed by atoms with Gasteiger partial charge in [-0.3, -0.25) is 4.90 Å². The maximum absolute atomic E-state index is 12.3. The van der Waals surface area contributed by atoms with Gasteiger partial charge >= 0.3 is 6.09 Å². The number of hydrogen-bond donors (Lipinski definition) is 1. The third-order valence-corrected chi connectivity index (χ3v) is 3.68. The van der Waals surface area contributed by atoms with Gasteiger partial charge in [-0.05, 0) is 51.5 Å². The molecule has 21 heavy (non-hydrogen) atoms. The average molecular weight is 294 g/mol. The van der Waals surface area contributed by atoms with E-state index in [2.05, 4.69) is 13.0 Å². The van der Waals surface area contributed by atoms with Gasteiger partial charge < -0.3 is 15.2 Å². The van der Waals surface area contributed by atoms with E-state index in [-0.39, 0.29) is 24.3 Å². The van der Waals surface area contributed by atoms with Crippen LogP contribution in [-0.2, 0) is 9.47 Å². The molecule has 2 fully saturated rings. The average Bonchev–Trinajstić information content (AvgIpc) is 2.96. The molecule has 118 valence electrons. The highest BCUT2D eigenvalue weighted by atomic mass is 16.6. The molecule has 5 nitrogen and oxygen atoms in total. The normalized spacial score (nSPS) is 29.4. The Kier molecular flexibility index (Phi) is 4.61. The molecule has 0 aromatic carbocycles. The van der Waals surface area contributed by atoms with Gasteiger partial charge in [-0.15, -0.1) is 0 Å². The number of hydrogen-bond acceptors (Lipinski definition) is 4. The van der Waals surface area contributed by atoms with Gasteiger partial charge in [0.25, 0.3) is 0 Å². The first-order valence-electron chi connectivity index (χ1n) is 7.59. The number of amides is 1. The molecular formula is C16H26N2O3. The van der Waals surface area contributed by atoms with Crippen LogP contribution in [-0.4, -0.2) is 41.4 Å². The lowest BCUT2D eigenvalue weighted by Crippen LogP contribution is -2.48. The Labute approximate surface area is 126 Å². The van der Waals surface area contributed by atoms with Crippen molar-refractivity contribution in [3.63, 3.8) is 0 Å². The predicted octanol–water partition coefficient (Wildman–Crippen LogP) is 2.57. The van der Waals surface area contributed by atoms with Gasteiger partial charge in [0.1, 0.15) is 11.7 Å². The summed E-state index contributed by atoms with van der Waals surface area (Å²) in [5.41, 5.74) is 6.09. The summed E-state index contributed by atoms with van der Waals surface area (Å²) in [6, 6.07) is 0.0406. The smallest absolute Gasteiger partial charge is 0.410 e. The van der Waals surface area contributed by atoms with Gasteiger partial charge in [0.05, 0.1) is 18.7 Å². The van der Waals surface area contributed by atoms with Crippen molar-refractivity contribution in [3.8, 4) is 0 Å². The minimum Gasteiger partial charge on any atom is -0.444 e. The molecular weight excluding hydrogens is 268 g/mol. The quantitative estimate of drug-likeness (QED) is 0.813. The molecule has 1 amide bonds. The zero-order valence-electron chi connectivity index (χ0n) is 13.3. The third-order valence-electron chi connectivity index (χ3n) is 3.68. The first-order valence-corrected chi connectivity index (χ1v) is 7.59. The third kappa shape index (κ3) is 3.59. The molecule has 0 saturated carbocycles. The number of allylic oxidation sites excluding steroid dienone is 1. The maximum atomic E-state index is 12.3. The van der Waals surface area contributed by atoms with Crippen LogP contribution in [0.15, 0.2) is 23.9 Å². The van der Waals surface area contributed by atoms with Crippen LogP contribution in [0.25, 0.3) is 0 Å². The Morgan fingerprint density at radius 3 is 2.71 bits per heavy atom. The van der Waals surface area contributed by atoms with Crippen molar-refractivity contribution in [3.05, 3.63) is 23.9 Å². The molecule has 2 aliphatic heterocycles. The summed E-state index contributed by atoms with van der Waals surface area (Å²) in [4.78, 5) is 14.1. The fraction of sp³-hybridized carbons (Fsp3) is 0.688. The number of carbonyl (C=O) groups excluding carboxylic acids is 1. The molecule has 0 aromatic heterocycles. The predicted molar refractivity (Wildman–Crippen MR) is 81.7 cm³/mol. The van der Waals surface area contributed by atoms with Gasteiger partial charge in [0, 0.05) is 0 Å². The summed E-state index contributed by atoms with van der Waals surface area (Å²) in [5, 5.41) is 0. The van der Waals surface area contributed by atoms with Crippen LogP contribution >= 0.6 is 0 Å². The van der Waals surface area contributed by atoms with Crippen LogP contribution in [0.3, 0.4) is 0 Å². The fourth-order valence-electron chi connectivity index (χ4n) is 2.97. The Morgan fingerprint density at radius 1 is 1.48 bits per heavy atom. The monoisotopic (exact) mass is 294 g/mol. The van der Waals surface area contributed by atoms with E-state index in [0.717, 1.165) is 18.4 Å². The van der Waals surface area contributed by atoms with Gasteiger partial charge in [0.15, 0.2) is 0 Å². The van der Waals surface area contributed by atoms with Crippen molar-refractivity contribution in [2.45, 2.75) is 64.4 Å². The summed E-state index contributed by atoms with van der Waals surface area (Å²) in [5.74, 6) is 0. The largest absolute Gasteiger partial charge is 0.444 e. The van der Waals surface area contributed by atoms with E-state index in [4.69, 9.17) is 15.2 Å². The van der Waals surface area contributed by atoms with Crippen molar-refractivity contribution in [1.82, 2.24) is 4.90 Å². The second kappa shape index (κ2) is 6.10. The molecule has 0 radical (unpaired) electrons. The summed E-state index contributed by atoms with van der Waals surface area (Å²) in [7, 11) is 0. The van der Waals surface area contributed by atoms with Gasteiger partial charge in [-0.1, -0.05) is 13.0 Å². The van der Waals surface area contributed by atoms with E-state index >= 15 is 0 Å². The van der Waals surface area contributed by atoms with Crippen molar-refractivity contribution in [1.29, 1.82) is 0 Å². The lowest BCUT2D eigenvalue weighted by Gasteiger charge is -2.35. The van der Waals surface area contributed by atoms with Crippen LogP contribution in [0.5, 0.6) is 0 Å². The summed E-state index contributed by atoms with van der Waals surface area (Å²) in [6.07, 6.45) is 7.00. The SMILES string of the molecule is CC/C=C(\C=C/N)C1OC2CC1N(C(=O)OC(C)(C)C)C2. The molecule has 3 unspecified atom stereocenters. The van der Waals surface area contributed by atoms with E-state index in [0.29, 0.717) is 6.54 Å². The van der Waals surface area contributed by atoms with Crippen LogP contribution in [0, 0.1) is 0 Å².